The topological polar surface area (TPSA) is 49.4 Å². The van der Waals surface area contributed by atoms with Crippen LogP contribution in [0.1, 0.15) is 26.3 Å². The number of rotatable bonds is 6. The summed E-state index contributed by atoms with van der Waals surface area (Å²) in [5.74, 6) is 0.171. The Labute approximate surface area is 123 Å². The molecule has 0 aliphatic heterocycles. The molecule has 0 aliphatic rings. The van der Waals surface area contributed by atoms with E-state index in [2.05, 4.69) is 32.2 Å². The predicted molar refractivity (Wildman–Crippen MR) is 86.0 cm³/mol. The summed E-state index contributed by atoms with van der Waals surface area (Å²) in [5, 5.41) is 3.46. The maximum absolute atomic E-state index is 11.3. The first kappa shape index (κ1) is 17.0. The van der Waals surface area contributed by atoms with Gasteiger partial charge in [-0.2, -0.15) is 0 Å². The van der Waals surface area contributed by atoms with E-state index in [4.69, 9.17) is 0 Å². The fourth-order valence-electron chi connectivity index (χ4n) is 1.82. The van der Waals surface area contributed by atoms with Gasteiger partial charge in [0.2, 0.25) is 0 Å². The number of benzene rings is 1. The average Bonchev–Trinajstić information content (AvgIpc) is 2.32. The molecular formula is C15H26N2O2S. The van der Waals surface area contributed by atoms with Crippen LogP contribution in [-0.2, 0) is 16.4 Å². The highest BCUT2D eigenvalue weighted by Crippen LogP contribution is 2.19. The molecule has 1 aromatic carbocycles. The van der Waals surface area contributed by atoms with Gasteiger partial charge in [-0.05, 0) is 32.4 Å². The van der Waals surface area contributed by atoms with Crippen LogP contribution in [-0.4, -0.2) is 39.6 Å². The van der Waals surface area contributed by atoms with Crippen molar-refractivity contribution in [2.45, 2.75) is 32.9 Å². The summed E-state index contributed by atoms with van der Waals surface area (Å²) in [6.45, 7) is 7.66. The third-order valence-corrected chi connectivity index (χ3v) is 3.93. The van der Waals surface area contributed by atoms with Crippen LogP contribution in [0.3, 0.4) is 0 Å². The van der Waals surface area contributed by atoms with Crippen molar-refractivity contribution in [1.82, 2.24) is 5.32 Å². The Hall–Kier alpha value is -1.07. The lowest BCUT2D eigenvalue weighted by molar-refractivity contribution is 0.424. The van der Waals surface area contributed by atoms with Crippen LogP contribution >= 0.6 is 0 Å². The molecule has 0 fully saturated rings. The molecule has 0 amide bonds. The quantitative estimate of drug-likeness (QED) is 0.873. The smallest absolute Gasteiger partial charge is 0.149 e. The summed E-state index contributed by atoms with van der Waals surface area (Å²) in [6.07, 6.45) is 1.27. The lowest BCUT2D eigenvalue weighted by atomic mass is 10.1. The Bertz CT molecular complexity index is 533. The third kappa shape index (κ3) is 6.39. The molecule has 0 saturated heterocycles. The Kier molecular flexibility index (Phi) is 5.59. The van der Waals surface area contributed by atoms with Gasteiger partial charge in [-0.1, -0.05) is 18.2 Å². The van der Waals surface area contributed by atoms with Gasteiger partial charge in [-0.3, -0.25) is 0 Å². The molecule has 0 unspecified atom stereocenters. The zero-order valence-electron chi connectivity index (χ0n) is 13.1. The molecule has 1 rings (SSSR count). The summed E-state index contributed by atoms with van der Waals surface area (Å²) >= 11 is 0. The lowest BCUT2D eigenvalue weighted by Crippen LogP contribution is -2.35. The van der Waals surface area contributed by atoms with Crippen LogP contribution in [0.5, 0.6) is 0 Å². The second kappa shape index (κ2) is 6.59. The highest BCUT2D eigenvalue weighted by atomic mass is 32.2. The highest BCUT2D eigenvalue weighted by molar-refractivity contribution is 7.90. The summed E-state index contributed by atoms with van der Waals surface area (Å²) in [4.78, 5) is 2.00. The molecule has 4 nitrogen and oxygen atoms in total. The average molecular weight is 298 g/mol. The summed E-state index contributed by atoms with van der Waals surface area (Å²) < 4.78 is 22.5. The van der Waals surface area contributed by atoms with Crippen molar-refractivity contribution in [3.05, 3.63) is 29.8 Å². The van der Waals surface area contributed by atoms with Crippen LogP contribution < -0.4 is 10.2 Å². The Morgan fingerprint density at radius 3 is 2.35 bits per heavy atom. The Morgan fingerprint density at radius 1 is 1.20 bits per heavy atom. The highest BCUT2D eigenvalue weighted by Gasteiger charge is 2.13. The number of hydrogen-bond donors (Lipinski definition) is 1. The lowest BCUT2D eigenvalue weighted by Gasteiger charge is -2.25. The zero-order valence-corrected chi connectivity index (χ0v) is 13.9. The van der Waals surface area contributed by atoms with E-state index in [9.17, 15) is 8.42 Å². The molecule has 0 atom stereocenters. The maximum atomic E-state index is 11.3. The van der Waals surface area contributed by atoms with Gasteiger partial charge in [0.15, 0.2) is 0 Å². The number of hydrogen-bond acceptors (Lipinski definition) is 4. The Morgan fingerprint density at radius 2 is 1.80 bits per heavy atom. The van der Waals surface area contributed by atoms with E-state index in [1.807, 2.05) is 30.1 Å². The number of anilines is 1. The molecule has 0 aliphatic carbocycles. The van der Waals surface area contributed by atoms with E-state index in [1.165, 1.54) is 11.8 Å². The molecule has 0 radical (unpaired) electrons. The third-order valence-electron chi connectivity index (χ3n) is 3.01. The van der Waals surface area contributed by atoms with Crippen molar-refractivity contribution >= 4 is 15.5 Å². The molecule has 114 valence electrons. The first-order valence-corrected chi connectivity index (χ1v) is 8.86. The summed E-state index contributed by atoms with van der Waals surface area (Å²) in [6, 6.07) is 8.09. The monoisotopic (exact) mass is 298 g/mol. The van der Waals surface area contributed by atoms with Crippen molar-refractivity contribution in [2.24, 2.45) is 0 Å². The summed E-state index contributed by atoms with van der Waals surface area (Å²) in [7, 11) is -1.00. The van der Waals surface area contributed by atoms with Crippen molar-refractivity contribution in [3.63, 3.8) is 0 Å². The van der Waals surface area contributed by atoms with Crippen LogP contribution in [0, 0.1) is 0 Å². The van der Waals surface area contributed by atoms with Gasteiger partial charge >= 0.3 is 0 Å². The molecular weight excluding hydrogens is 272 g/mol. The molecule has 0 spiro atoms. The number of para-hydroxylation sites is 1. The van der Waals surface area contributed by atoms with Gasteiger partial charge < -0.3 is 10.2 Å². The van der Waals surface area contributed by atoms with Crippen LogP contribution in [0.15, 0.2) is 24.3 Å². The molecule has 1 N–H and O–H groups in total. The van der Waals surface area contributed by atoms with Gasteiger partial charge in [-0.25, -0.2) is 8.42 Å². The van der Waals surface area contributed by atoms with E-state index in [0.717, 1.165) is 12.2 Å². The molecule has 5 heteroatoms. The van der Waals surface area contributed by atoms with Crippen molar-refractivity contribution in [3.8, 4) is 0 Å². The van der Waals surface area contributed by atoms with Gasteiger partial charge in [0, 0.05) is 37.6 Å². The standard InChI is InChI=1S/C15H26N2O2S/c1-15(2,3)16-12-13-8-6-7-9-14(13)17(4)10-11-20(5,18)19/h6-9,16H,10-12H2,1-5H3. The largest absolute Gasteiger partial charge is 0.373 e. The van der Waals surface area contributed by atoms with E-state index in [0.29, 0.717) is 6.54 Å². The van der Waals surface area contributed by atoms with Crippen LogP contribution in [0.4, 0.5) is 5.69 Å². The van der Waals surface area contributed by atoms with Gasteiger partial charge in [0.05, 0.1) is 5.75 Å². The van der Waals surface area contributed by atoms with Crippen molar-refractivity contribution in [1.29, 1.82) is 0 Å². The number of sulfone groups is 1. The van der Waals surface area contributed by atoms with E-state index < -0.39 is 9.84 Å². The zero-order chi connectivity index (χ0) is 15.4. The van der Waals surface area contributed by atoms with E-state index >= 15 is 0 Å². The normalized spacial score (nSPS) is 12.4. The first-order valence-electron chi connectivity index (χ1n) is 6.80. The fraction of sp³-hybridized carbons (Fsp3) is 0.600. The van der Waals surface area contributed by atoms with E-state index in [-0.39, 0.29) is 11.3 Å². The molecule has 0 saturated carbocycles. The predicted octanol–water partition coefficient (Wildman–Crippen LogP) is 2.06. The second-order valence-corrected chi connectivity index (χ2v) is 8.54. The summed E-state index contributed by atoms with van der Waals surface area (Å²) in [5.41, 5.74) is 2.31. The van der Waals surface area contributed by atoms with Gasteiger partial charge in [0.1, 0.15) is 9.84 Å². The SMILES string of the molecule is CN(CCS(C)(=O)=O)c1ccccc1CNC(C)(C)C. The Balaban J connectivity index is 2.79. The fourth-order valence-corrected chi connectivity index (χ4v) is 2.42. The van der Waals surface area contributed by atoms with Crippen molar-refractivity contribution < 1.29 is 8.42 Å². The van der Waals surface area contributed by atoms with Crippen molar-refractivity contribution in [2.75, 3.05) is 30.5 Å². The van der Waals surface area contributed by atoms with Gasteiger partial charge in [-0.15, -0.1) is 0 Å². The van der Waals surface area contributed by atoms with Crippen LogP contribution in [0.25, 0.3) is 0 Å². The molecule has 0 heterocycles. The molecule has 0 bridgehead atoms. The molecule has 20 heavy (non-hydrogen) atoms. The second-order valence-electron chi connectivity index (χ2n) is 6.28. The molecule has 1 aromatic rings. The first-order chi connectivity index (χ1) is 9.08. The number of nitrogens with one attached hydrogen (secondary N) is 1. The minimum Gasteiger partial charge on any atom is -0.373 e. The minimum atomic E-state index is -2.93. The minimum absolute atomic E-state index is 0.0540. The molecule has 0 aromatic heterocycles. The van der Waals surface area contributed by atoms with Crippen LogP contribution in [0.2, 0.25) is 0 Å². The van der Waals surface area contributed by atoms with E-state index in [1.54, 1.807) is 0 Å². The maximum Gasteiger partial charge on any atom is 0.149 e. The number of nitrogens with zero attached hydrogens (tertiary/aromatic N) is 1. The van der Waals surface area contributed by atoms with Gasteiger partial charge in [0.25, 0.3) is 0 Å².